The van der Waals surface area contributed by atoms with Crippen LogP contribution in [-0.4, -0.2) is 31.6 Å². The smallest absolute Gasteiger partial charge is 0.285 e. The molecule has 0 spiro atoms. The van der Waals surface area contributed by atoms with E-state index in [0.717, 1.165) is 29.1 Å². The molecule has 1 amide bonds. The molecular formula is C14H15N3O4S2. The Morgan fingerprint density at radius 3 is 2.65 bits per heavy atom. The van der Waals surface area contributed by atoms with Crippen molar-refractivity contribution in [2.45, 2.75) is 29.9 Å². The van der Waals surface area contributed by atoms with Crippen molar-refractivity contribution >= 4 is 27.3 Å². The second kappa shape index (κ2) is 5.89. The van der Waals surface area contributed by atoms with E-state index in [9.17, 15) is 13.2 Å². The van der Waals surface area contributed by atoms with Gasteiger partial charge in [-0.2, -0.15) is 5.10 Å². The molecule has 23 heavy (non-hydrogen) atoms. The SMILES string of the molecule is COc1cc(C(=O)NS(=O)(=O)c2ccc(C)s2)nnc1C1CC1. The Bertz CT molecular complexity index is 857. The highest BCUT2D eigenvalue weighted by atomic mass is 32.2. The summed E-state index contributed by atoms with van der Waals surface area (Å²) < 4.78 is 31.6. The summed E-state index contributed by atoms with van der Waals surface area (Å²) in [5.41, 5.74) is 0.615. The second-order valence-electron chi connectivity index (χ2n) is 5.26. The standard InChI is InChI=1S/C14H15N3O4S2/c1-8-3-6-12(22-8)23(19,20)17-14(18)10-7-11(21-2)13(16-15-10)9-4-5-9/h3,6-7,9H,4-5H2,1-2H3,(H,17,18). The molecule has 0 radical (unpaired) electrons. The fourth-order valence-electron chi connectivity index (χ4n) is 2.08. The topological polar surface area (TPSA) is 98.2 Å². The molecule has 122 valence electrons. The molecule has 1 aliphatic carbocycles. The van der Waals surface area contributed by atoms with E-state index in [2.05, 4.69) is 10.2 Å². The van der Waals surface area contributed by atoms with E-state index in [1.807, 2.05) is 4.72 Å². The largest absolute Gasteiger partial charge is 0.495 e. The summed E-state index contributed by atoms with van der Waals surface area (Å²) in [5, 5.41) is 7.84. The average molecular weight is 353 g/mol. The highest BCUT2D eigenvalue weighted by molar-refractivity contribution is 7.92. The number of thiophene rings is 1. The maximum Gasteiger partial charge on any atom is 0.285 e. The number of amides is 1. The minimum Gasteiger partial charge on any atom is -0.495 e. The van der Waals surface area contributed by atoms with Gasteiger partial charge in [0.1, 0.15) is 15.7 Å². The Morgan fingerprint density at radius 1 is 1.35 bits per heavy atom. The fourth-order valence-corrected chi connectivity index (χ4v) is 4.32. The lowest BCUT2D eigenvalue weighted by molar-refractivity contribution is 0.0975. The number of methoxy groups -OCH3 is 1. The van der Waals surface area contributed by atoms with Crippen molar-refractivity contribution < 1.29 is 17.9 Å². The molecule has 1 aliphatic rings. The Hall–Kier alpha value is -2.00. The van der Waals surface area contributed by atoms with E-state index in [1.54, 1.807) is 13.0 Å². The summed E-state index contributed by atoms with van der Waals surface area (Å²) in [6, 6.07) is 4.56. The van der Waals surface area contributed by atoms with Gasteiger partial charge in [0, 0.05) is 16.9 Å². The number of ether oxygens (including phenoxy) is 1. The molecule has 3 rings (SSSR count). The molecule has 2 heterocycles. The zero-order valence-electron chi connectivity index (χ0n) is 12.6. The quantitative estimate of drug-likeness (QED) is 0.881. The summed E-state index contributed by atoms with van der Waals surface area (Å²) in [6.45, 7) is 1.79. The van der Waals surface area contributed by atoms with Gasteiger partial charge in [0.15, 0.2) is 5.69 Å². The molecule has 0 atom stereocenters. The lowest BCUT2D eigenvalue weighted by Crippen LogP contribution is -2.31. The summed E-state index contributed by atoms with van der Waals surface area (Å²) in [4.78, 5) is 13.0. The van der Waals surface area contributed by atoms with Crippen LogP contribution in [0.4, 0.5) is 0 Å². The van der Waals surface area contributed by atoms with E-state index >= 15 is 0 Å². The zero-order valence-corrected chi connectivity index (χ0v) is 14.2. The van der Waals surface area contributed by atoms with Crippen molar-refractivity contribution in [1.29, 1.82) is 0 Å². The molecule has 7 nitrogen and oxygen atoms in total. The lowest BCUT2D eigenvalue weighted by atomic mass is 10.2. The molecule has 2 aromatic heterocycles. The van der Waals surface area contributed by atoms with Gasteiger partial charge in [0.2, 0.25) is 0 Å². The number of carbonyl (C=O) groups excluding carboxylic acids is 1. The number of nitrogens with zero attached hydrogens (tertiary/aromatic N) is 2. The molecule has 0 aromatic carbocycles. The van der Waals surface area contributed by atoms with Crippen LogP contribution in [0.15, 0.2) is 22.4 Å². The zero-order chi connectivity index (χ0) is 16.6. The van der Waals surface area contributed by atoms with Gasteiger partial charge in [-0.05, 0) is 31.9 Å². The molecule has 1 fully saturated rings. The van der Waals surface area contributed by atoms with Crippen LogP contribution in [0.1, 0.15) is 39.8 Å². The number of hydrogen-bond donors (Lipinski definition) is 1. The van der Waals surface area contributed by atoms with E-state index in [4.69, 9.17) is 4.74 Å². The van der Waals surface area contributed by atoms with Crippen molar-refractivity contribution in [1.82, 2.24) is 14.9 Å². The fraction of sp³-hybridized carbons (Fsp3) is 0.357. The van der Waals surface area contributed by atoms with Gasteiger partial charge in [-0.3, -0.25) is 4.79 Å². The van der Waals surface area contributed by atoms with E-state index in [1.165, 1.54) is 19.2 Å². The summed E-state index contributed by atoms with van der Waals surface area (Å²) in [5.74, 6) is -0.0615. The summed E-state index contributed by atoms with van der Waals surface area (Å²) in [6.07, 6.45) is 2.03. The average Bonchev–Trinajstić information content (AvgIpc) is 3.26. The van der Waals surface area contributed by atoms with Crippen molar-refractivity contribution in [3.63, 3.8) is 0 Å². The number of nitrogens with one attached hydrogen (secondary N) is 1. The molecule has 0 unspecified atom stereocenters. The van der Waals surface area contributed by atoms with Gasteiger partial charge in [-0.25, -0.2) is 13.1 Å². The van der Waals surface area contributed by atoms with E-state index < -0.39 is 15.9 Å². The van der Waals surface area contributed by atoms with Gasteiger partial charge < -0.3 is 4.74 Å². The highest BCUT2D eigenvalue weighted by Gasteiger charge is 2.30. The Morgan fingerprint density at radius 2 is 2.09 bits per heavy atom. The van der Waals surface area contributed by atoms with Crippen LogP contribution in [0, 0.1) is 6.92 Å². The summed E-state index contributed by atoms with van der Waals surface area (Å²) in [7, 11) is -2.43. The van der Waals surface area contributed by atoms with Gasteiger partial charge in [0.05, 0.1) is 7.11 Å². The minimum absolute atomic E-state index is 0.0814. The summed E-state index contributed by atoms with van der Waals surface area (Å²) >= 11 is 1.09. The predicted octanol–water partition coefficient (Wildman–Crippen LogP) is 1.85. The molecule has 0 bridgehead atoms. The van der Waals surface area contributed by atoms with Gasteiger partial charge in [-0.1, -0.05) is 0 Å². The van der Waals surface area contributed by atoms with Crippen molar-refractivity contribution in [3.8, 4) is 5.75 Å². The first-order valence-electron chi connectivity index (χ1n) is 6.96. The van der Waals surface area contributed by atoms with Crippen molar-refractivity contribution in [3.05, 3.63) is 34.5 Å². The highest BCUT2D eigenvalue weighted by Crippen LogP contribution is 2.42. The van der Waals surface area contributed by atoms with Crippen molar-refractivity contribution in [2.75, 3.05) is 7.11 Å². The normalized spacial score (nSPS) is 14.5. The number of aryl methyl sites for hydroxylation is 1. The third-order valence-electron chi connectivity index (χ3n) is 3.41. The predicted molar refractivity (Wildman–Crippen MR) is 84.3 cm³/mol. The third kappa shape index (κ3) is 3.35. The molecule has 0 aliphatic heterocycles. The third-order valence-corrected chi connectivity index (χ3v) is 6.23. The van der Waals surface area contributed by atoms with E-state index in [-0.39, 0.29) is 9.90 Å². The Kier molecular flexibility index (Phi) is 4.07. The maximum absolute atomic E-state index is 12.2. The van der Waals surface area contributed by atoms with Crippen LogP contribution in [-0.2, 0) is 10.0 Å². The van der Waals surface area contributed by atoms with Gasteiger partial charge >= 0.3 is 0 Å². The lowest BCUT2D eigenvalue weighted by Gasteiger charge is -2.08. The molecule has 1 saturated carbocycles. The van der Waals surface area contributed by atoms with Crippen LogP contribution in [0.25, 0.3) is 0 Å². The molecule has 9 heteroatoms. The number of carbonyl (C=O) groups is 1. The van der Waals surface area contributed by atoms with Crippen LogP contribution in [0.2, 0.25) is 0 Å². The Labute approximate surface area is 137 Å². The molecule has 1 N–H and O–H groups in total. The van der Waals surface area contributed by atoms with Crippen LogP contribution in [0.3, 0.4) is 0 Å². The maximum atomic E-state index is 12.2. The van der Waals surface area contributed by atoms with Crippen molar-refractivity contribution in [2.24, 2.45) is 0 Å². The first-order valence-corrected chi connectivity index (χ1v) is 9.26. The first kappa shape index (κ1) is 15.9. The molecule has 0 saturated heterocycles. The minimum atomic E-state index is -3.91. The van der Waals surface area contributed by atoms with Gasteiger partial charge in [-0.15, -0.1) is 16.4 Å². The molecule has 2 aromatic rings. The van der Waals surface area contributed by atoms with Crippen LogP contribution >= 0.6 is 11.3 Å². The number of hydrogen-bond acceptors (Lipinski definition) is 7. The van der Waals surface area contributed by atoms with E-state index in [0.29, 0.717) is 17.4 Å². The molecular weight excluding hydrogens is 338 g/mol. The second-order valence-corrected chi connectivity index (χ2v) is 8.45. The number of sulfonamides is 1. The monoisotopic (exact) mass is 353 g/mol. The van der Waals surface area contributed by atoms with Crippen LogP contribution in [0.5, 0.6) is 5.75 Å². The number of aromatic nitrogens is 2. The van der Waals surface area contributed by atoms with Gasteiger partial charge in [0.25, 0.3) is 15.9 Å². The van der Waals surface area contributed by atoms with Crippen LogP contribution < -0.4 is 9.46 Å². The Balaban J connectivity index is 1.83. The first-order chi connectivity index (χ1) is 10.9. The number of rotatable bonds is 5.